The molecule has 0 saturated carbocycles. The third-order valence-electron chi connectivity index (χ3n) is 3.21. The lowest BCUT2D eigenvalue weighted by molar-refractivity contribution is 0.102. The predicted octanol–water partition coefficient (Wildman–Crippen LogP) is 3.08. The van der Waals surface area contributed by atoms with Gasteiger partial charge in [-0.3, -0.25) is 0 Å². The minimum Gasteiger partial charge on any atom is -0.497 e. The lowest BCUT2D eigenvalue weighted by Crippen LogP contribution is -2.13. The molecule has 2 nitrogen and oxygen atoms in total. The summed E-state index contributed by atoms with van der Waals surface area (Å²) in [5.74, 6) is 1.19. The largest absolute Gasteiger partial charge is 0.497 e. The number of aliphatic hydroxyl groups is 1. The number of benzene rings is 1. The van der Waals surface area contributed by atoms with Crippen molar-refractivity contribution < 1.29 is 9.84 Å². The maximum Gasteiger partial charge on any atom is 0.118 e. The number of ether oxygens (including phenoxy) is 1. The highest BCUT2D eigenvalue weighted by molar-refractivity contribution is 5.28. The Hall–Kier alpha value is -1.28. The van der Waals surface area contributed by atoms with Gasteiger partial charge in [0.2, 0.25) is 0 Å². The van der Waals surface area contributed by atoms with Crippen molar-refractivity contribution >= 4 is 0 Å². The van der Waals surface area contributed by atoms with E-state index in [2.05, 4.69) is 12.2 Å². The molecule has 1 N–H and O–H groups in total. The number of allylic oxidation sites excluding steroid dienone is 2. The van der Waals surface area contributed by atoms with E-state index in [4.69, 9.17) is 4.74 Å². The maximum absolute atomic E-state index is 10.2. The summed E-state index contributed by atoms with van der Waals surface area (Å²) >= 11 is 0. The highest BCUT2D eigenvalue weighted by Gasteiger charge is 2.20. The van der Waals surface area contributed by atoms with E-state index < -0.39 is 0 Å². The quantitative estimate of drug-likeness (QED) is 0.790. The van der Waals surface area contributed by atoms with Gasteiger partial charge in [-0.25, -0.2) is 0 Å². The smallest absolute Gasteiger partial charge is 0.118 e. The van der Waals surface area contributed by atoms with Gasteiger partial charge in [0.25, 0.3) is 0 Å². The first-order valence-electron chi connectivity index (χ1n) is 5.78. The summed E-state index contributed by atoms with van der Waals surface area (Å²) in [7, 11) is 1.65. The molecule has 1 aromatic carbocycles. The Bertz CT molecular complexity index is 354. The van der Waals surface area contributed by atoms with Crippen LogP contribution in [0.1, 0.15) is 30.9 Å². The Morgan fingerprint density at radius 2 is 2.00 bits per heavy atom. The van der Waals surface area contributed by atoms with Crippen molar-refractivity contribution in [3.05, 3.63) is 42.0 Å². The molecular formula is C14H18O2. The van der Waals surface area contributed by atoms with Crippen LogP contribution in [0.2, 0.25) is 0 Å². The number of hydrogen-bond donors (Lipinski definition) is 1. The van der Waals surface area contributed by atoms with Crippen LogP contribution in [-0.2, 0) is 0 Å². The summed E-state index contributed by atoms with van der Waals surface area (Å²) in [5, 5.41) is 10.2. The van der Waals surface area contributed by atoms with Crippen LogP contribution >= 0.6 is 0 Å². The first kappa shape index (κ1) is 11.2. The first-order chi connectivity index (χ1) is 7.81. The summed E-state index contributed by atoms with van der Waals surface area (Å²) in [6.07, 6.45) is 7.14. The average Bonchev–Trinajstić information content (AvgIpc) is 2.39. The SMILES string of the molecule is COc1ccc(C(O)C2CC=CCC2)cc1. The van der Waals surface area contributed by atoms with E-state index in [-0.39, 0.29) is 6.10 Å². The second kappa shape index (κ2) is 5.17. The lowest BCUT2D eigenvalue weighted by Gasteiger charge is -2.24. The van der Waals surface area contributed by atoms with Crippen molar-refractivity contribution in [3.8, 4) is 5.75 Å². The van der Waals surface area contributed by atoms with E-state index in [1.807, 2.05) is 24.3 Å². The molecule has 1 aromatic rings. The molecule has 0 aromatic heterocycles. The first-order valence-corrected chi connectivity index (χ1v) is 5.78. The van der Waals surface area contributed by atoms with Gasteiger partial charge >= 0.3 is 0 Å². The number of aliphatic hydroxyl groups excluding tert-OH is 1. The number of rotatable bonds is 3. The van der Waals surface area contributed by atoms with Crippen LogP contribution in [0.15, 0.2) is 36.4 Å². The number of hydrogen-bond acceptors (Lipinski definition) is 2. The topological polar surface area (TPSA) is 29.5 Å². The van der Waals surface area contributed by atoms with Gasteiger partial charge in [-0.15, -0.1) is 0 Å². The molecule has 86 valence electrons. The molecule has 0 heterocycles. The van der Waals surface area contributed by atoms with Crippen molar-refractivity contribution in [1.29, 1.82) is 0 Å². The Morgan fingerprint density at radius 3 is 2.56 bits per heavy atom. The molecule has 2 rings (SSSR count). The van der Waals surface area contributed by atoms with Gasteiger partial charge in [0, 0.05) is 0 Å². The van der Waals surface area contributed by atoms with Crippen LogP contribution in [0, 0.1) is 5.92 Å². The van der Waals surface area contributed by atoms with Crippen molar-refractivity contribution in [3.63, 3.8) is 0 Å². The van der Waals surface area contributed by atoms with Gasteiger partial charge in [-0.05, 0) is 42.9 Å². The fourth-order valence-corrected chi connectivity index (χ4v) is 2.18. The molecule has 0 fully saturated rings. The molecule has 2 atom stereocenters. The van der Waals surface area contributed by atoms with Gasteiger partial charge in [-0.1, -0.05) is 24.3 Å². The minimum absolute atomic E-state index is 0.351. The summed E-state index contributed by atoms with van der Waals surface area (Å²) in [6.45, 7) is 0. The van der Waals surface area contributed by atoms with E-state index in [9.17, 15) is 5.11 Å². The molecule has 2 heteroatoms. The van der Waals surface area contributed by atoms with Crippen LogP contribution in [0.4, 0.5) is 0 Å². The summed E-state index contributed by atoms with van der Waals surface area (Å²) in [6, 6.07) is 7.69. The highest BCUT2D eigenvalue weighted by atomic mass is 16.5. The molecule has 1 aliphatic rings. The summed E-state index contributed by atoms with van der Waals surface area (Å²) in [5.41, 5.74) is 0.987. The van der Waals surface area contributed by atoms with Crippen LogP contribution in [0.3, 0.4) is 0 Å². The van der Waals surface area contributed by atoms with Crippen molar-refractivity contribution in [2.24, 2.45) is 5.92 Å². The summed E-state index contributed by atoms with van der Waals surface area (Å²) in [4.78, 5) is 0. The normalized spacial score (nSPS) is 21.8. The molecule has 0 bridgehead atoms. The molecule has 0 spiro atoms. The van der Waals surface area contributed by atoms with Crippen molar-refractivity contribution in [1.82, 2.24) is 0 Å². The third-order valence-corrected chi connectivity index (χ3v) is 3.21. The van der Waals surface area contributed by atoms with E-state index in [1.165, 1.54) is 0 Å². The van der Waals surface area contributed by atoms with E-state index in [1.54, 1.807) is 7.11 Å². The second-order valence-corrected chi connectivity index (χ2v) is 4.26. The van der Waals surface area contributed by atoms with Crippen LogP contribution in [-0.4, -0.2) is 12.2 Å². The van der Waals surface area contributed by atoms with Gasteiger partial charge in [0.05, 0.1) is 13.2 Å². The summed E-state index contributed by atoms with van der Waals surface area (Å²) < 4.78 is 5.10. The van der Waals surface area contributed by atoms with Gasteiger partial charge in [-0.2, -0.15) is 0 Å². The zero-order chi connectivity index (χ0) is 11.4. The second-order valence-electron chi connectivity index (χ2n) is 4.26. The minimum atomic E-state index is -0.351. The maximum atomic E-state index is 10.2. The monoisotopic (exact) mass is 218 g/mol. The van der Waals surface area contributed by atoms with Crippen LogP contribution in [0.25, 0.3) is 0 Å². The van der Waals surface area contributed by atoms with Gasteiger partial charge in [0.15, 0.2) is 0 Å². The molecule has 0 radical (unpaired) electrons. The molecule has 0 saturated heterocycles. The molecule has 0 aliphatic heterocycles. The highest BCUT2D eigenvalue weighted by Crippen LogP contribution is 2.32. The average molecular weight is 218 g/mol. The molecule has 0 amide bonds. The predicted molar refractivity (Wildman–Crippen MR) is 64.4 cm³/mol. The van der Waals surface area contributed by atoms with Crippen molar-refractivity contribution in [2.45, 2.75) is 25.4 Å². The Morgan fingerprint density at radius 1 is 1.25 bits per heavy atom. The third kappa shape index (κ3) is 2.45. The molecule has 1 aliphatic carbocycles. The van der Waals surface area contributed by atoms with Crippen molar-refractivity contribution in [2.75, 3.05) is 7.11 Å². The Labute approximate surface area is 96.6 Å². The van der Waals surface area contributed by atoms with Gasteiger partial charge < -0.3 is 9.84 Å². The van der Waals surface area contributed by atoms with Gasteiger partial charge in [0.1, 0.15) is 5.75 Å². The van der Waals surface area contributed by atoms with E-state index >= 15 is 0 Å². The zero-order valence-electron chi connectivity index (χ0n) is 9.60. The van der Waals surface area contributed by atoms with E-state index in [0.29, 0.717) is 5.92 Å². The molecule has 16 heavy (non-hydrogen) atoms. The van der Waals surface area contributed by atoms with Crippen LogP contribution < -0.4 is 4.74 Å². The fraction of sp³-hybridized carbons (Fsp3) is 0.429. The zero-order valence-corrected chi connectivity index (χ0v) is 9.60. The molecular weight excluding hydrogens is 200 g/mol. The standard InChI is InChI=1S/C14H18O2/c1-16-13-9-7-12(8-10-13)14(15)11-5-3-2-4-6-11/h2-3,7-11,14-15H,4-6H2,1H3. The molecule has 2 unspecified atom stereocenters. The van der Waals surface area contributed by atoms with E-state index in [0.717, 1.165) is 30.6 Å². The lowest BCUT2D eigenvalue weighted by atomic mass is 9.86. The fourth-order valence-electron chi connectivity index (χ4n) is 2.18. The van der Waals surface area contributed by atoms with Crippen LogP contribution in [0.5, 0.6) is 5.75 Å². The Balaban J connectivity index is 2.07. The number of methoxy groups -OCH3 is 1. The Kier molecular flexibility index (Phi) is 3.62.